The van der Waals surface area contributed by atoms with Crippen LogP contribution in [0.1, 0.15) is 21.5 Å². The van der Waals surface area contributed by atoms with Gasteiger partial charge in [0.25, 0.3) is 0 Å². The van der Waals surface area contributed by atoms with Crippen molar-refractivity contribution < 1.29 is 13.6 Å². The molecule has 4 heteroatoms. The molecule has 0 aliphatic carbocycles. The first-order valence-electron chi connectivity index (χ1n) is 6.04. The minimum absolute atomic E-state index is 0.189. The summed E-state index contributed by atoms with van der Waals surface area (Å²) in [5.74, 6) is -1.75. The van der Waals surface area contributed by atoms with Gasteiger partial charge in [-0.1, -0.05) is 18.2 Å². The summed E-state index contributed by atoms with van der Waals surface area (Å²) in [5.41, 5.74) is 0.374. The second kappa shape index (κ2) is 4.80. The number of rotatable bonds is 2. The summed E-state index contributed by atoms with van der Waals surface area (Å²) >= 11 is 1.41. The van der Waals surface area contributed by atoms with Crippen LogP contribution in [-0.2, 0) is 0 Å². The van der Waals surface area contributed by atoms with Crippen LogP contribution in [0.4, 0.5) is 8.78 Å². The average molecular weight is 288 g/mol. The van der Waals surface area contributed by atoms with E-state index in [1.165, 1.54) is 18.3 Å². The number of fused-ring (bicyclic) bond motifs is 1. The Balaban J connectivity index is 2.16. The van der Waals surface area contributed by atoms with Gasteiger partial charge in [-0.05, 0) is 30.7 Å². The average Bonchev–Trinajstić information content (AvgIpc) is 2.86. The second-order valence-corrected chi connectivity index (χ2v) is 5.47. The van der Waals surface area contributed by atoms with Crippen LogP contribution in [0.15, 0.2) is 41.8 Å². The maximum Gasteiger partial charge on any atom is 0.197 e. The summed E-state index contributed by atoms with van der Waals surface area (Å²) in [7, 11) is 0. The highest BCUT2D eigenvalue weighted by atomic mass is 32.1. The fourth-order valence-corrected chi connectivity index (χ4v) is 3.06. The van der Waals surface area contributed by atoms with E-state index in [9.17, 15) is 13.6 Å². The van der Waals surface area contributed by atoms with Gasteiger partial charge < -0.3 is 0 Å². The lowest BCUT2D eigenvalue weighted by molar-refractivity contribution is 0.103. The smallest absolute Gasteiger partial charge is 0.197 e. The Morgan fingerprint density at radius 2 is 1.80 bits per heavy atom. The Hall–Kier alpha value is -2.07. The van der Waals surface area contributed by atoms with Gasteiger partial charge in [0.2, 0.25) is 0 Å². The van der Waals surface area contributed by atoms with E-state index in [-0.39, 0.29) is 11.1 Å². The zero-order chi connectivity index (χ0) is 14.3. The largest absolute Gasteiger partial charge is 0.288 e. The summed E-state index contributed by atoms with van der Waals surface area (Å²) in [6, 6.07) is 9.41. The minimum atomic E-state index is -0.691. The molecule has 0 saturated carbocycles. The molecule has 2 aromatic carbocycles. The Morgan fingerprint density at radius 3 is 2.60 bits per heavy atom. The number of ketones is 1. The number of carbonyl (C=O) groups excluding carboxylic acids is 1. The minimum Gasteiger partial charge on any atom is -0.288 e. The molecular weight excluding hydrogens is 278 g/mol. The van der Waals surface area contributed by atoms with Crippen molar-refractivity contribution in [3.63, 3.8) is 0 Å². The van der Waals surface area contributed by atoms with Crippen LogP contribution in [0, 0.1) is 18.6 Å². The van der Waals surface area contributed by atoms with Gasteiger partial charge in [-0.15, -0.1) is 11.3 Å². The molecule has 0 saturated heterocycles. The van der Waals surface area contributed by atoms with Gasteiger partial charge in [-0.25, -0.2) is 8.78 Å². The first-order chi connectivity index (χ1) is 9.58. The molecule has 1 aromatic heterocycles. The van der Waals surface area contributed by atoms with E-state index in [0.717, 1.165) is 22.2 Å². The monoisotopic (exact) mass is 288 g/mol. The number of thiophene rings is 1. The number of carbonyl (C=O) groups is 1. The summed E-state index contributed by atoms with van der Waals surface area (Å²) < 4.78 is 28.4. The van der Waals surface area contributed by atoms with Crippen molar-refractivity contribution in [2.24, 2.45) is 0 Å². The van der Waals surface area contributed by atoms with Gasteiger partial charge in [-0.2, -0.15) is 0 Å². The van der Waals surface area contributed by atoms with Crippen molar-refractivity contribution in [1.29, 1.82) is 0 Å². The molecule has 0 unspecified atom stereocenters. The summed E-state index contributed by atoms with van der Waals surface area (Å²) in [4.78, 5) is 12.4. The Bertz CT molecular complexity index is 820. The van der Waals surface area contributed by atoms with Gasteiger partial charge >= 0.3 is 0 Å². The number of hydrogen-bond donors (Lipinski definition) is 0. The molecule has 0 aliphatic heterocycles. The summed E-state index contributed by atoms with van der Waals surface area (Å²) in [5, 5.41) is 2.45. The van der Waals surface area contributed by atoms with E-state index in [0.29, 0.717) is 5.56 Å². The van der Waals surface area contributed by atoms with Crippen molar-refractivity contribution in [3.8, 4) is 0 Å². The van der Waals surface area contributed by atoms with Crippen LogP contribution in [0.2, 0.25) is 0 Å². The molecule has 20 heavy (non-hydrogen) atoms. The van der Waals surface area contributed by atoms with Crippen molar-refractivity contribution in [1.82, 2.24) is 0 Å². The number of benzene rings is 2. The molecular formula is C16H10F2OS. The third-order valence-electron chi connectivity index (χ3n) is 3.22. The first-order valence-corrected chi connectivity index (χ1v) is 6.92. The van der Waals surface area contributed by atoms with Crippen molar-refractivity contribution in [3.05, 3.63) is 70.1 Å². The van der Waals surface area contributed by atoms with Gasteiger partial charge in [0, 0.05) is 21.0 Å². The van der Waals surface area contributed by atoms with Crippen LogP contribution in [0.25, 0.3) is 10.1 Å². The second-order valence-electron chi connectivity index (χ2n) is 4.56. The van der Waals surface area contributed by atoms with Crippen LogP contribution >= 0.6 is 11.3 Å². The van der Waals surface area contributed by atoms with Gasteiger partial charge in [-0.3, -0.25) is 4.79 Å². The highest BCUT2D eigenvalue weighted by molar-refractivity contribution is 7.17. The van der Waals surface area contributed by atoms with E-state index < -0.39 is 17.4 Å². The molecule has 0 bridgehead atoms. The lowest BCUT2D eigenvalue weighted by Gasteiger charge is -2.04. The number of halogens is 2. The third kappa shape index (κ3) is 2.02. The predicted octanol–water partition coefficient (Wildman–Crippen LogP) is 4.72. The highest BCUT2D eigenvalue weighted by Gasteiger charge is 2.19. The summed E-state index contributed by atoms with van der Waals surface area (Å²) in [6.07, 6.45) is 0. The van der Waals surface area contributed by atoms with Crippen LogP contribution in [0.5, 0.6) is 0 Å². The molecule has 3 rings (SSSR count). The Morgan fingerprint density at radius 1 is 1.05 bits per heavy atom. The molecule has 0 atom stereocenters. The zero-order valence-corrected chi connectivity index (χ0v) is 11.4. The number of hydrogen-bond acceptors (Lipinski definition) is 2. The van der Waals surface area contributed by atoms with E-state index >= 15 is 0 Å². The molecule has 0 fully saturated rings. The van der Waals surface area contributed by atoms with Gasteiger partial charge in [0.15, 0.2) is 5.78 Å². The van der Waals surface area contributed by atoms with Crippen molar-refractivity contribution in [2.75, 3.05) is 0 Å². The zero-order valence-electron chi connectivity index (χ0n) is 10.6. The summed E-state index contributed by atoms with van der Waals surface area (Å²) in [6.45, 7) is 1.46. The molecule has 0 spiro atoms. The van der Waals surface area contributed by atoms with Crippen LogP contribution in [0.3, 0.4) is 0 Å². The van der Waals surface area contributed by atoms with E-state index in [1.807, 2.05) is 24.3 Å². The van der Waals surface area contributed by atoms with Crippen molar-refractivity contribution >= 4 is 27.2 Å². The highest BCUT2D eigenvalue weighted by Crippen LogP contribution is 2.28. The lowest BCUT2D eigenvalue weighted by Crippen LogP contribution is -2.05. The molecule has 100 valence electrons. The molecule has 1 heterocycles. The van der Waals surface area contributed by atoms with Gasteiger partial charge in [0.05, 0.1) is 5.56 Å². The van der Waals surface area contributed by atoms with E-state index in [1.54, 1.807) is 5.38 Å². The Labute approximate surface area is 118 Å². The molecule has 0 aliphatic rings. The maximum absolute atomic E-state index is 13.9. The topological polar surface area (TPSA) is 17.1 Å². The maximum atomic E-state index is 13.9. The standard InChI is InChI=1S/C16H10F2OS/c1-9-6-14(18)11(7-13(9)17)16(19)12-8-20-15-5-3-2-4-10(12)15/h2-8H,1H3. The van der Waals surface area contributed by atoms with E-state index in [2.05, 4.69) is 0 Å². The number of aryl methyl sites for hydroxylation is 1. The first kappa shape index (κ1) is 12.9. The molecule has 3 aromatic rings. The molecule has 0 N–H and O–H groups in total. The molecule has 1 nitrogen and oxygen atoms in total. The predicted molar refractivity (Wildman–Crippen MR) is 76.4 cm³/mol. The van der Waals surface area contributed by atoms with Crippen molar-refractivity contribution in [2.45, 2.75) is 6.92 Å². The van der Waals surface area contributed by atoms with E-state index in [4.69, 9.17) is 0 Å². The van der Waals surface area contributed by atoms with Gasteiger partial charge in [0.1, 0.15) is 11.6 Å². The SMILES string of the molecule is Cc1cc(F)c(C(=O)c2csc3ccccc23)cc1F. The molecule has 0 radical (unpaired) electrons. The third-order valence-corrected chi connectivity index (χ3v) is 4.18. The van der Waals surface area contributed by atoms with Crippen LogP contribution < -0.4 is 0 Å². The molecule has 0 amide bonds. The lowest BCUT2D eigenvalue weighted by atomic mass is 10.0. The quantitative estimate of drug-likeness (QED) is 0.624. The van der Waals surface area contributed by atoms with Crippen LogP contribution in [-0.4, -0.2) is 5.78 Å². The normalized spacial score (nSPS) is 10.9. The Kier molecular flexibility index (Phi) is 3.10. The fraction of sp³-hybridized carbons (Fsp3) is 0.0625. The fourth-order valence-electron chi connectivity index (χ4n) is 2.12.